The first kappa shape index (κ1) is 12.4. The fraction of sp³-hybridized carbons (Fsp3) is 0.100. The maximum atomic E-state index is 5.80. The largest absolute Gasteiger partial charge is 0.368 e. The molecule has 1 aromatic carbocycles. The number of rotatable bonds is 3. The molecule has 0 unspecified atom stereocenters. The van der Waals surface area contributed by atoms with E-state index in [0.29, 0.717) is 10.2 Å². The smallest absolute Gasteiger partial charge is 0.228 e. The molecule has 0 saturated heterocycles. The molecule has 0 spiro atoms. The average Bonchev–Trinajstić information content (AvgIpc) is 2.27. The molecule has 1 aromatic heterocycles. The zero-order chi connectivity index (χ0) is 12.3. The molecule has 4 nitrogen and oxygen atoms in total. The molecule has 0 atom stereocenters. The van der Waals surface area contributed by atoms with Gasteiger partial charge in [0.25, 0.3) is 0 Å². The van der Waals surface area contributed by atoms with Crippen LogP contribution in [-0.4, -0.2) is 15.0 Å². The van der Waals surface area contributed by atoms with Gasteiger partial charge in [-0.1, -0.05) is 35.5 Å². The van der Waals surface area contributed by atoms with Crippen molar-refractivity contribution in [2.45, 2.75) is 10.9 Å². The zero-order valence-electron chi connectivity index (χ0n) is 8.60. The number of nitrogen functional groups attached to an aromatic ring is 1. The maximum absolute atomic E-state index is 5.80. The van der Waals surface area contributed by atoms with Gasteiger partial charge >= 0.3 is 0 Å². The van der Waals surface area contributed by atoms with E-state index in [2.05, 4.69) is 15.0 Å². The minimum absolute atomic E-state index is 0.108. The first-order valence-corrected chi connectivity index (χ1v) is 6.42. The molecule has 0 saturated carbocycles. The van der Waals surface area contributed by atoms with Crippen molar-refractivity contribution in [3.05, 3.63) is 40.1 Å². The van der Waals surface area contributed by atoms with E-state index < -0.39 is 0 Å². The second kappa shape index (κ2) is 5.53. The normalized spacial score (nSPS) is 10.5. The molecule has 2 rings (SSSR count). The second-order valence-corrected chi connectivity index (χ2v) is 4.88. The number of halogens is 2. The number of hydrogen-bond acceptors (Lipinski definition) is 5. The van der Waals surface area contributed by atoms with Crippen molar-refractivity contribution in [3.8, 4) is 0 Å². The highest BCUT2D eigenvalue weighted by Crippen LogP contribution is 2.21. The van der Waals surface area contributed by atoms with Crippen LogP contribution in [0.1, 0.15) is 5.56 Å². The summed E-state index contributed by atoms with van der Waals surface area (Å²) >= 11 is 12.9. The fourth-order valence-corrected chi connectivity index (χ4v) is 2.28. The van der Waals surface area contributed by atoms with Crippen molar-refractivity contribution < 1.29 is 0 Å². The molecule has 0 bridgehead atoms. The van der Waals surface area contributed by atoms with Crippen LogP contribution in [0.4, 0.5) is 5.95 Å². The Labute approximate surface area is 113 Å². The van der Waals surface area contributed by atoms with E-state index in [4.69, 9.17) is 28.9 Å². The molecule has 0 aliphatic carbocycles. The van der Waals surface area contributed by atoms with E-state index in [1.54, 1.807) is 0 Å². The Morgan fingerprint density at radius 3 is 2.41 bits per heavy atom. The van der Waals surface area contributed by atoms with Crippen LogP contribution in [0, 0.1) is 0 Å². The van der Waals surface area contributed by atoms with E-state index in [1.165, 1.54) is 11.8 Å². The van der Waals surface area contributed by atoms with Crippen molar-refractivity contribution in [2.75, 3.05) is 5.73 Å². The van der Waals surface area contributed by atoms with Gasteiger partial charge < -0.3 is 5.73 Å². The molecule has 1 heterocycles. The van der Waals surface area contributed by atoms with Crippen LogP contribution in [-0.2, 0) is 5.75 Å². The highest BCUT2D eigenvalue weighted by Gasteiger charge is 2.03. The summed E-state index contributed by atoms with van der Waals surface area (Å²) in [5.41, 5.74) is 6.59. The Kier molecular flexibility index (Phi) is 4.04. The Balaban J connectivity index is 2.04. The molecule has 0 fully saturated rings. The molecule has 17 heavy (non-hydrogen) atoms. The van der Waals surface area contributed by atoms with Gasteiger partial charge in [0.15, 0.2) is 5.16 Å². The summed E-state index contributed by atoms with van der Waals surface area (Å²) in [6.07, 6.45) is 0. The van der Waals surface area contributed by atoms with Gasteiger partial charge in [0.2, 0.25) is 11.2 Å². The summed E-state index contributed by atoms with van der Waals surface area (Å²) in [6, 6.07) is 7.57. The van der Waals surface area contributed by atoms with E-state index in [1.807, 2.05) is 24.3 Å². The molecule has 2 aromatic rings. The standard InChI is InChI=1S/C10H8Cl2N4S/c11-7-3-1-6(2-4-7)5-17-10-15-8(12)14-9(13)16-10/h1-4H,5H2,(H2,13,14,15,16). The molecule has 0 aliphatic heterocycles. The van der Waals surface area contributed by atoms with Gasteiger partial charge in [-0.2, -0.15) is 15.0 Å². The summed E-state index contributed by atoms with van der Waals surface area (Å²) < 4.78 is 0. The summed E-state index contributed by atoms with van der Waals surface area (Å²) in [5.74, 6) is 0.848. The predicted octanol–water partition coefficient (Wildman–Crippen LogP) is 3.05. The Bertz CT molecular complexity index is 498. The van der Waals surface area contributed by atoms with Gasteiger partial charge in [-0.15, -0.1) is 0 Å². The third kappa shape index (κ3) is 3.73. The molecule has 0 amide bonds. The molecule has 0 aliphatic rings. The first-order chi connectivity index (χ1) is 8.13. The highest BCUT2D eigenvalue weighted by molar-refractivity contribution is 7.98. The number of nitrogens with zero attached hydrogens (tertiary/aromatic N) is 3. The van der Waals surface area contributed by atoms with Crippen molar-refractivity contribution in [1.82, 2.24) is 15.0 Å². The Morgan fingerprint density at radius 2 is 1.76 bits per heavy atom. The summed E-state index contributed by atoms with van der Waals surface area (Å²) in [6.45, 7) is 0. The van der Waals surface area contributed by atoms with Crippen LogP contribution in [0.3, 0.4) is 0 Å². The lowest BCUT2D eigenvalue weighted by Crippen LogP contribution is -1.99. The second-order valence-electron chi connectivity index (χ2n) is 3.16. The number of nitrogens with two attached hydrogens (primary N) is 1. The number of anilines is 1. The minimum atomic E-state index is 0.108. The minimum Gasteiger partial charge on any atom is -0.368 e. The van der Waals surface area contributed by atoms with Crippen LogP contribution >= 0.6 is 35.0 Å². The van der Waals surface area contributed by atoms with Crippen LogP contribution < -0.4 is 5.73 Å². The molecular weight excluding hydrogens is 279 g/mol. The molecule has 2 N–H and O–H groups in total. The number of benzene rings is 1. The lowest BCUT2D eigenvalue weighted by molar-refractivity contribution is 0.916. The fourth-order valence-electron chi connectivity index (χ4n) is 1.14. The predicted molar refractivity (Wildman–Crippen MR) is 70.3 cm³/mol. The van der Waals surface area contributed by atoms with Crippen LogP contribution in [0.5, 0.6) is 0 Å². The van der Waals surface area contributed by atoms with Crippen LogP contribution in [0.25, 0.3) is 0 Å². The van der Waals surface area contributed by atoms with Crippen molar-refractivity contribution in [1.29, 1.82) is 0 Å². The van der Waals surface area contributed by atoms with Crippen LogP contribution in [0.2, 0.25) is 10.3 Å². The van der Waals surface area contributed by atoms with Crippen LogP contribution in [0.15, 0.2) is 29.4 Å². The highest BCUT2D eigenvalue weighted by atomic mass is 35.5. The third-order valence-electron chi connectivity index (χ3n) is 1.89. The van der Waals surface area contributed by atoms with E-state index >= 15 is 0 Å². The summed E-state index contributed by atoms with van der Waals surface area (Å²) in [4.78, 5) is 11.6. The topological polar surface area (TPSA) is 64.7 Å². The van der Waals surface area contributed by atoms with Crippen molar-refractivity contribution in [2.24, 2.45) is 0 Å². The molecule has 88 valence electrons. The van der Waals surface area contributed by atoms with Gasteiger partial charge in [0.1, 0.15) is 0 Å². The van der Waals surface area contributed by atoms with E-state index in [-0.39, 0.29) is 11.2 Å². The molecule has 0 radical (unpaired) electrons. The van der Waals surface area contributed by atoms with Crippen molar-refractivity contribution >= 4 is 40.9 Å². The third-order valence-corrected chi connectivity index (χ3v) is 3.23. The zero-order valence-corrected chi connectivity index (χ0v) is 10.9. The van der Waals surface area contributed by atoms with Gasteiger partial charge in [0.05, 0.1) is 0 Å². The average molecular weight is 287 g/mol. The van der Waals surface area contributed by atoms with Gasteiger partial charge in [-0.05, 0) is 29.3 Å². The lowest BCUT2D eigenvalue weighted by atomic mass is 10.2. The van der Waals surface area contributed by atoms with E-state index in [9.17, 15) is 0 Å². The van der Waals surface area contributed by atoms with Gasteiger partial charge in [-0.25, -0.2) is 0 Å². The van der Waals surface area contributed by atoms with E-state index in [0.717, 1.165) is 11.3 Å². The Morgan fingerprint density at radius 1 is 1.06 bits per heavy atom. The van der Waals surface area contributed by atoms with Gasteiger partial charge in [-0.3, -0.25) is 0 Å². The van der Waals surface area contributed by atoms with Gasteiger partial charge in [0, 0.05) is 10.8 Å². The number of hydrogen-bond donors (Lipinski definition) is 1. The first-order valence-electron chi connectivity index (χ1n) is 4.68. The quantitative estimate of drug-likeness (QED) is 0.879. The molecular formula is C10H8Cl2N4S. The lowest BCUT2D eigenvalue weighted by Gasteiger charge is -2.01. The molecule has 7 heteroatoms. The number of thioether (sulfide) groups is 1. The monoisotopic (exact) mass is 286 g/mol. The van der Waals surface area contributed by atoms with Crippen molar-refractivity contribution in [3.63, 3.8) is 0 Å². The summed E-state index contributed by atoms with van der Waals surface area (Å²) in [5, 5.41) is 1.33. The SMILES string of the molecule is Nc1nc(Cl)nc(SCc2ccc(Cl)cc2)n1. The maximum Gasteiger partial charge on any atom is 0.228 e. The summed E-state index contributed by atoms with van der Waals surface area (Å²) in [7, 11) is 0. The Hall–Kier alpha value is -1.04. The number of aromatic nitrogens is 3.